The highest BCUT2D eigenvalue weighted by atomic mass is 79.9. The monoisotopic (exact) mass is 507 g/mol. The average molecular weight is 508 g/mol. The van der Waals surface area contributed by atoms with Gasteiger partial charge in [-0.05, 0) is 97.3 Å². The van der Waals surface area contributed by atoms with Gasteiger partial charge in [0.25, 0.3) is 11.8 Å². The molecule has 1 fully saturated rings. The number of rotatable bonds is 3. The van der Waals surface area contributed by atoms with E-state index in [4.69, 9.17) is 12.2 Å². The van der Waals surface area contributed by atoms with Gasteiger partial charge in [-0.3, -0.25) is 19.8 Å². The molecule has 2 heterocycles. The molecule has 4 rings (SSSR count). The quantitative estimate of drug-likeness (QED) is 0.297. The number of para-hydroxylation sites is 1. The van der Waals surface area contributed by atoms with Gasteiger partial charge in [-0.15, -0.1) is 0 Å². The third kappa shape index (κ3) is 3.72. The first kappa shape index (κ1) is 22.2. The number of carbonyl (C=O) groups excluding carboxylic acids is 2. The second-order valence-corrected chi connectivity index (χ2v) is 8.98. The lowest BCUT2D eigenvalue weighted by atomic mass is 10.1. The van der Waals surface area contributed by atoms with Crippen LogP contribution < -0.4 is 10.2 Å². The molecule has 1 aromatic heterocycles. The lowest BCUT2D eigenvalue weighted by Crippen LogP contribution is -2.54. The zero-order chi connectivity index (χ0) is 23.2. The molecule has 1 aliphatic heterocycles. The van der Waals surface area contributed by atoms with Gasteiger partial charge in [-0.1, -0.05) is 24.3 Å². The maximum Gasteiger partial charge on any atom is 0.270 e. The van der Waals surface area contributed by atoms with Crippen molar-refractivity contribution in [2.45, 2.75) is 27.7 Å². The van der Waals surface area contributed by atoms with Crippen LogP contribution >= 0.6 is 28.1 Å². The normalized spacial score (nSPS) is 15.5. The van der Waals surface area contributed by atoms with Gasteiger partial charge >= 0.3 is 0 Å². The van der Waals surface area contributed by atoms with Crippen LogP contribution in [0.2, 0.25) is 0 Å². The van der Waals surface area contributed by atoms with Crippen LogP contribution in [0.1, 0.15) is 28.1 Å². The molecule has 0 spiro atoms. The molecule has 7 heteroatoms. The molecule has 1 N–H and O–H groups in total. The van der Waals surface area contributed by atoms with E-state index in [1.54, 1.807) is 6.08 Å². The highest BCUT2D eigenvalue weighted by Gasteiger charge is 2.35. The Morgan fingerprint density at radius 2 is 1.59 bits per heavy atom. The Balaban J connectivity index is 1.81. The predicted molar refractivity (Wildman–Crippen MR) is 135 cm³/mol. The van der Waals surface area contributed by atoms with Crippen molar-refractivity contribution in [3.8, 4) is 5.69 Å². The first-order chi connectivity index (χ1) is 15.2. The summed E-state index contributed by atoms with van der Waals surface area (Å²) in [5.41, 5.74) is 6.48. The Morgan fingerprint density at radius 3 is 2.25 bits per heavy atom. The minimum absolute atomic E-state index is 0.0332. The molecule has 32 heavy (non-hydrogen) atoms. The third-order valence-electron chi connectivity index (χ3n) is 5.77. The minimum Gasteiger partial charge on any atom is -0.317 e. The van der Waals surface area contributed by atoms with Crippen molar-refractivity contribution in [2.75, 3.05) is 4.90 Å². The summed E-state index contributed by atoms with van der Waals surface area (Å²) in [5, 5.41) is 2.74. The van der Waals surface area contributed by atoms with Crippen LogP contribution in [0.15, 0.2) is 58.6 Å². The smallest absolute Gasteiger partial charge is 0.270 e. The Morgan fingerprint density at radius 1 is 0.906 bits per heavy atom. The standard InChI is InChI=1S/C25H22BrN3O2S/c1-14-10-11-19(12-15(14)2)29-24(31)21(23(30)27-25(29)32)13-20-16(3)28(17(4)22(20)26)18-8-6-5-7-9-18/h5-13H,1-4H3,(H,27,30,32)/b21-13+. The van der Waals surface area contributed by atoms with Crippen LogP contribution in [-0.2, 0) is 9.59 Å². The molecule has 0 atom stereocenters. The van der Waals surface area contributed by atoms with Crippen LogP contribution in [-0.4, -0.2) is 21.5 Å². The fourth-order valence-corrected chi connectivity index (χ4v) is 4.72. The highest BCUT2D eigenvalue weighted by molar-refractivity contribution is 9.10. The fourth-order valence-electron chi connectivity index (χ4n) is 3.86. The summed E-state index contributed by atoms with van der Waals surface area (Å²) >= 11 is 8.99. The van der Waals surface area contributed by atoms with Gasteiger partial charge < -0.3 is 4.57 Å². The van der Waals surface area contributed by atoms with Gasteiger partial charge in [0, 0.05) is 27.1 Å². The number of nitrogens with zero attached hydrogens (tertiary/aromatic N) is 2. The SMILES string of the molecule is Cc1ccc(N2C(=O)/C(=C/c3c(Br)c(C)n(-c4ccccc4)c3C)C(=O)NC2=S)cc1C. The van der Waals surface area contributed by atoms with Gasteiger partial charge in [-0.25, -0.2) is 0 Å². The highest BCUT2D eigenvalue weighted by Crippen LogP contribution is 2.33. The number of nitrogens with one attached hydrogen (secondary N) is 1. The van der Waals surface area contributed by atoms with E-state index in [9.17, 15) is 9.59 Å². The number of carbonyl (C=O) groups is 2. The first-order valence-electron chi connectivity index (χ1n) is 10.1. The number of anilines is 1. The summed E-state index contributed by atoms with van der Waals surface area (Å²) in [6.07, 6.45) is 1.64. The molecule has 0 saturated carbocycles. The maximum absolute atomic E-state index is 13.4. The largest absolute Gasteiger partial charge is 0.317 e. The van der Waals surface area contributed by atoms with Crippen molar-refractivity contribution >= 4 is 56.8 Å². The lowest BCUT2D eigenvalue weighted by Gasteiger charge is -2.29. The molecular weight excluding hydrogens is 486 g/mol. The Kier molecular flexibility index (Phi) is 5.88. The number of benzene rings is 2. The molecule has 0 bridgehead atoms. The number of aryl methyl sites for hydroxylation is 2. The Labute approximate surface area is 200 Å². The van der Waals surface area contributed by atoms with Gasteiger partial charge in [-0.2, -0.15) is 0 Å². The second kappa shape index (κ2) is 8.48. The van der Waals surface area contributed by atoms with Crippen LogP contribution in [0.5, 0.6) is 0 Å². The number of hydrogen-bond donors (Lipinski definition) is 1. The van der Waals surface area contributed by atoms with Gasteiger partial charge in [0.1, 0.15) is 5.57 Å². The molecule has 2 amide bonds. The molecule has 162 valence electrons. The van der Waals surface area contributed by atoms with Crippen LogP contribution in [0.25, 0.3) is 11.8 Å². The van der Waals surface area contributed by atoms with E-state index in [2.05, 4.69) is 25.8 Å². The summed E-state index contributed by atoms with van der Waals surface area (Å²) < 4.78 is 2.92. The molecule has 1 aliphatic rings. The zero-order valence-corrected chi connectivity index (χ0v) is 20.6. The lowest BCUT2D eigenvalue weighted by molar-refractivity contribution is -0.122. The summed E-state index contributed by atoms with van der Waals surface area (Å²) in [6, 6.07) is 15.6. The summed E-state index contributed by atoms with van der Waals surface area (Å²) in [6.45, 7) is 7.93. The average Bonchev–Trinajstić information content (AvgIpc) is 2.96. The van der Waals surface area contributed by atoms with E-state index in [1.807, 2.05) is 76.2 Å². The van der Waals surface area contributed by atoms with Crippen molar-refractivity contribution in [3.05, 3.63) is 86.7 Å². The van der Waals surface area contributed by atoms with E-state index in [0.717, 1.165) is 38.2 Å². The van der Waals surface area contributed by atoms with E-state index >= 15 is 0 Å². The van der Waals surface area contributed by atoms with E-state index in [-0.39, 0.29) is 10.7 Å². The first-order valence-corrected chi connectivity index (χ1v) is 11.3. The van der Waals surface area contributed by atoms with Gasteiger partial charge in [0.2, 0.25) is 0 Å². The van der Waals surface area contributed by atoms with Crippen molar-refractivity contribution in [2.24, 2.45) is 0 Å². The second-order valence-electron chi connectivity index (χ2n) is 7.80. The van der Waals surface area contributed by atoms with Crippen LogP contribution in [0.3, 0.4) is 0 Å². The van der Waals surface area contributed by atoms with E-state index < -0.39 is 11.8 Å². The van der Waals surface area contributed by atoms with Crippen molar-refractivity contribution in [3.63, 3.8) is 0 Å². The molecule has 3 aromatic rings. The molecule has 0 unspecified atom stereocenters. The third-order valence-corrected chi connectivity index (χ3v) is 7.05. The molecule has 1 saturated heterocycles. The van der Waals surface area contributed by atoms with E-state index in [0.29, 0.717) is 5.69 Å². The number of aromatic nitrogens is 1. The topological polar surface area (TPSA) is 54.3 Å². The van der Waals surface area contributed by atoms with Crippen LogP contribution in [0, 0.1) is 27.7 Å². The summed E-state index contributed by atoms with van der Waals surface area (Å²) in [5.74, 6) is -0.949. The van der Waals surface area contributed by atoms with E-state index in [1.165, 1.54) is 4.90 Å². The number of amides is 2. The maximum atomic E-state index is 13.4. The van der Waals surface area contributed by atoms with Gasteiger partial charge in [0.05, 0.1) is 5.69 Å². The number of halogens is 1. The van der Waals surface area contributed by atoms with Crippen LogP contribution in [0.4, 0.5) is 5.69 Å². The summed E-state index contributed by atoms with van der Waals surface area (Å²) in [4.78, 5) is 27.6. The fraction of sp³-hybridized carbons (Fsp3) is 0.160. The Hall–Kier alpha value is -3.03. The molecule has 2 aromatic carbocycles. The van der Waals surface area contributed by atoms with Gasteiger partial charge in [0.15, 0.2) is 5.11 Å². The summed E-state index contributed by atoms with van der Waals surface area (Å²) in [7, 11) is 0. The number of thiocarbonyl (C=S) groups is 1. The molecule has 0 aliphatic carbocycles. The van der Waals surface area contributed by atoms with Crippen molar-refractivity contribution in [1.82, 2.24) is 9.88 Å². The van der Waals surface area contributed by atoms with Crippen molar-refractivity contribution < 1.29 is 9.59 Å². The molecule has 5 nitrogen and oxygen atoms in total. The van der Waals surface area contributed by atoms with Crippen molar-refractivity contribution in [1.29, 1.82) is 0 Å². The predicted octanol–water partition coefficient (Wildman–Crippen LogP) is 5.30. The Bertz CT molecular complexity index is 1310. The number of hydrogen-bond acceptors (Lipinski definition) is 3. The molecular formula is C25H22BrN3O2S. The minimum atomic E-state index is -0.503. The zero-order valence-electron chi connectivity index (χ0n) is 18.2. The molecule has 0 radical (unpaired) electrons.